The summed E-state index contributed by atoms with van der Waals surface area (Å²) in [5.41, 5.74) is 0.736. The van der Waals surface area contributed by atoms with Crippen LogP contribution in [0.5, 0.6) is 0 Å². The van der Waals surface area contributed by atoms with E-state index in [1.54, 1.807) is 17.3 Å². The normalized spacial score (nSPS) is 24.3. The van der Waals surface area contributed by atoms with Crippen LogP contribution in [0.4, 0.5) is 5.69 Å². The zero-order valence-electron chi connectivity index (χ0n) is 11.7. The molecule has 3 rings (SSSR count). The monoisotopic (exact) mass is 343 g/mol. The van der Waals surface area contributed by atoms with Crippen molar-refractivity contribution < 1.29 is 14.7 Å². The van der Waals surface area contributed by atoms with Gasteiger partial charge in [0.25, 0.3) is 0 Å². The predicted octanol–water partition coefficient (Wildman–Crippen LogP) is 1.76. The molecule has 2 atom stereocenters. The van der Waals surface area contributed by atoms with Crippen molar-refractivity contribution in [1.29, 1.82) is 0 Å². The summed E-state index contributed by atoms with van der Waals surface area (Å²) >= 11 is 12.3. The molecule has 2 unspecified atom stereocenters. The number of amides is 1. The van der Waals surface area contributed by atoms with Crippen molar-refractivity contribution in [2.24, 2.45) is 11.8 Å². The highest BCUT2D eigenvalue weighted by Crippen LogP contribution is 2.40. The molecule has 0 aromatic carbocycles. The molecular weight excluding hydrogens is 329 g/mol. The second kappa shape index (κ2) is 5.93. The first-order valence-electron chi connectivity index (χ1n) is 7.04. The smallest absolute Gasteiger partial charge is 0.307 e. The number of hydrogen-bond donors (Lipinski definition) is 1. The van der Waals surface area contributed by atoms with Crippen LogP contribution < -0.4 is 4.90 Å². The van der Waals surface area contributed by atoms with Crippen molar-refractivity contribution in [3.05, 3.63) is 22.4 Å². The number of carboxylic acids is 1. The summed E-state index contributed by atoms with van der Waals surface area (Å²) in [7, 11) is 0. The van der Waals surface area contributed by atoms with E-state index in [1.807, 2.05) is 4.90 Å². The maximum absolute atomic E-state index is 12.2. The summed E-state index contributed by atoms with van der Waals surface area (Å²) < 4.78 is 0. The number of carbonyl (C=O) groups excluding carboxylic acids is 1. The molecule has 1 amide bonds. The lowest BCUT2D eigenvalue weighted by molar-refractivity contribution is -0.142. The third-order valence-electron chi connectivity index (χ3n) is 4.16. The highest BCUT2D eigenvalue weighted by atomic mass is 35.5. The van der Waals surface area contributed by atoms with Gasteiger partial charge in [-0.1, -0.05) is 23.2 Å². The van der Waals surface area contributed by atoms with Gasteiger partial charge >= 0.3 is 5.97 Å². The number of aliphatic carboxylic acids is 1. The molecule has 6 nitrogen and oxygen atoms in total. The number of anilines is 1. The third kappa shape index (κ3) is 2.85. The fourth-order valence-electron chi connectivity index (χ4n) is 2.83. The van der Waals surface area contributed by atoms with E-state index in [4.69, 9.17) is 28.3 Å². The van der Waals surface area contributed by atoms with E-state index >= 15 is 0 Å². The van der Waals surface area contributed by atoms with E-state index in [9.17, 15) is 9.59 Å². The lowest BCUT2D eigenvalue weighted by atomic mass is 10.2. The minimum atomic E-state index is -0.882. The zero-order chi connectivity index (χ0) is 15.9. The van der Waals surface area contributed by atoms with E-state index in [1.165, 1.54) is 0 Å². The molecule has 1 saturated carbocycles. The Kier molecular flexibility index (Phi) is 4.14. The second-order valence-electron chi connectivity index (χ2n) is 5.55. The van der Waals surface area contributed by atoms with Gasteiger partial charge in [0.15, 0.2) is 0 Å². The van der Waals surface area contributed by atoms with Crippen molar-refractivity contribution in [2.45, 2.75) is 6.42 Å². The molecule has 8 heteroatoms. The standard InChI is InChI=1S/C14H15Cl2N3O3/c15-10-6-17-7-11(16)12(10)18-1-3-19(4-2-18)13(20)8-5-9(8)14(21)22/h6-9H,1-5H2,(H,21,22). The van der Waals surface area contributed by atoms with Crippen LogP contribution >= 0.6 is 23.2 Å². The van der Waals surface area contributed by atoms with Crippen LogP contribution in [0.3, 0.4) is 0 Å². The maximum Gasteiger partial charge on any atom is 0.307 e. The first-order valence-corrected chi connectivity index (χ1v) is 7.80. The van der Waals surface area contributed by atoms with Gasteiger partial charge in [0.05, 0.1) is 27.6 Å². The Morgan fingerprint density at radius 2 is 1.68 bits per heavy atom. The Morgan fingerprint density at radius 1 is 1.09 bits per heavy atom. The van der Waals surface area contributed by atoms with Crippen LogP contribution in [-0.2, 0) is 9.59 Å². The summed E-state index contributed by atoms with van der Waals surface area (Å²) in [5.74, 6) is -1.79. The Morgan fingerprint density at radius 3 is 2.18 bits per heavy atom. The SMILES string of the molecule is O=C(O)C1CC1C(=O)N1CCN(c2c(Cl)cncc2Cl)CC1. The van der Waals surface area contributed by atoms with E-state index in [0.29, 0.717) is 42.6 Å². The Labute approximate surface area is 137 Å². The zero-order valence-corrected chi connectivity index (χ0v) is 13.2. The summed E-state index contributed by atoms with van der Waals surface area (Å²) in [6, 6.07) is 0. The van der Waals surface area contributed by atoms with Crippen molar-refractivity contribution in [1.82, 2.24) is 9.88 Å². The van der Waals surface area contributed by atoms with Gasteiger partial charge in [-0.3, -0.25) is 14.6 Å². The topological polar surface area (TPSA) is 73.7 Å². The third-order valence-corrected chi connectivity index (χ3v) is 4.71. The second-order valence-corrected chi connectivity index (χ2v) is 6.37. The predicted molar refractivity (Wildman–Crippen MR) is 82.3 cm³/mol. The van der Waals surface area contributed by atoms with Gasteiger partial charge in [0.1, 0.15) is 0 Å². The molecule has 2 aliphatic rings. The van der Waals surface area contributed by atoms with E-state index in [2.05, 4.69) is 4.98 Å². The molecule has 1 aliphatic carbocycles. The highest BCUT2D eigenvalue weighted by Gasteiger charge is 2.50. The van der Waals surface area contributed by atoms with Gasteiger partial charge in [-0.2, -0.15) is 0 Å². The van der Waals surface area contributed by atoms with Crippen molar-refractivity contribution in [3.8, 4) is 0 Å². The van der Waals surface area contributed by atoms with Crippen LogP contribution in [0.1, 0.15) is 6.42 Å². The lowest BCUT2D eigenvalue weighted by Crippen LogP contribution is -2.49. The number of carbonyl (C=O) groups is 2. The van der Waals surface area contributed by atoms with Gasteiger partial charge in [-0.15, -0.1) is 0 Å². The number of pyridine rings is 1. The van der Waals surface area contributed by atoms with Gasteiger partial charge in [-0.25, -0.2) is 0 Å². The number of halogens is 2. The van der Waals surface area contributed by atoms with E-state index < -0.39 is 11.9 Å². The van der Waals surface area contributed by atoms with E-state index in [-0.39, 0.29) is 11.8 Å². The van der Waals surface area contributed by atoms with Crippen LogP contribution in [0, 0.1) is 11.8 Å². The number of piperazine rings is 1. The summed E-state index contributed by atoms with van der Waals surface area (Å²) in [6.45, 7) is 2.30. The first-order chi connectivity index (χ1) is 10.5. The molecule has 118 valence electrons. The number of rotatable bonds is 3. The molecule has 22 heavy (non-hydrogen) atoms. The van der Waals surface area contributed by atoms with Crippen molar-refractivity contribution in [3.63, 3.8) is 0 Å². The number of hydrogen-bond acceptors (Lipinski definition) is 4. The minimum Gasteiger partial charge on any atom is -0.481 e. The van der Waals surface area contributed by atoms with Crippen molar-refractivity contribution in [2.75, 3.05) is 31.1 Å². The molecule has 1 aliphatic heterocycles. The first kappa shape index (κ1) is 15.4. The van der Waals surface area contributed by atoms with Crippen LogP contribution in [0.25, 0.3) is 0 Å². The molecule has 0 bridgehead atoms. The number of aromatic nitrogens is 1. The Bertz CT molecular complexity index is 597. The quantitative estimate of drug-likeness (QED) is 0.905. The largest absolute Gasteiger partial charge is 0.481 e. The van der Waals surface area contributed by atoms with Crippen LogP contribution in [0.2, 0.25) is 10.0 Å². The molecular formula is C14H15Cl2N3O3. The minimum absolute atomic E-state index is 0.0565. The number of carboxylic acid groups (broad SMARTS) is 1. The molecule has 1 aromatic rings. The molecule has 0 spiro atoms. The van der Waals surface area contributed by atoms with Crippen LogP contribution in [-0.4, -0.2) is 53.0 Å². The van der Waals surface area contributed by atoms with E-state index in [0.717, 1.165) is 5.69 Å². The summed E-state index contributed by atoms with van der Waals surface area (Å²) in [4.78, 5) is 30.8. The fourth-order valence-corrected chi connectivity index (χ4v) is 3.44. The lowest BCUT2D eigenvalue weighted by Gasteiger charge is -2.36. The highest BCUT2D eigenvalue weighted by molar-refractivity contribution is 6.38. The molecule has 2 heterocycles. The average molecular weight is 344 g/mol. The van der Waals surface area contributed by atoms with Gasteiger partial charge in [0, 0.05) is 38.6 Å². The van der Waals surface area contributed by atoms with Gasteiger partial charge < -0.3 is 14.9 Å². The Hall–Kier alpha value is -1.53. The number of nitrogens with zero attached hydrogens (tertiary/aromatic N) is 3. The Balaban J connectivity index is 1.61. The molecule has 1 N–H and O–H groups in total. The van der Waals surface area contributed by atoms with Gasteiger partial charge in [0.2, 0.25) is 5.91 Å². The van der Waals surface area contributed by atoms with Gasteiger partial charge in [-0.05, 0) is 6.42 Å². The molecule has 1 aromatic heterocycles. The maximum atomic E-state index is 12.2. The fraction of sp³-hybridized carbons (Fsp3) is 0.500. The molecule has 2 fully saturated rings. The average Bonchev–Trinajstić information content (AvgIpc) is 3.28. The summed E-state index contributed by atoms with van der Waals surface area (Å²) in [6.07, 6.45) is 3.54. The van der Waals surface area contributed by atoms with Crippen LogP contribution in [0.15, 0.2) is 12.4 Å². The molecule has 1 saturated heterocycles. The summed E-state index contributed by atoms with van der Waals surface area (Å²) in [5, 5.41) is 9.88. The molecule has 0 radical (unpaired) electrons. The van der Waals surface area contributed by atoms with Crippen molar-refractivity contribution >= 4 is 40.8 Å².